The van der Waals surface area contributed by atoms with Gasteiger partial charge in [0.1, 0.15) is 0 Å². The Morgan fingerprint density at radius 1 is 0.739 bits per heavy atom. The van der Waals surface area contributed by atoms with Gasteiger partial charge in [-0.1, -0.05) is 69.9 Å². The third-order valence-electron chi connectivity index (χ3n) is 6.04. The number of allylic oxidation sites excluding steroid dienone is 1. The van der Waals surface area contributed by atoms with Crippen LogP contribution in [-0.4, -0.2) is 17.2 Å². The molecular weight excluding hydrogens is 300 g/mol. The highest BCUT2D eigenvalue weighted by molar-refractivity contribution is 7.80. The SMILES string of the molecule is S=C(NC1CCCCCCCCCCC1)N[C@H]1C[C@@H]2C=C[C@H]1C2. The maximum absolute atomic E-state index is 5.63. The maximum atomic E-state index is 5.63. The van der Waals surface area contributed by atoms with Crippen LogP contribution in [0.1, 0.15) is 83.5 Å². The van der Waals surface area contributed by atoms with E-state index < -0.39 is 0 Å². The Balaban J connectivity index is 1.41. The Hall–Kier alpha value is -0.570. The van der Waals surface area contributed by atoms with Gasteiger partial charge in [-0.15, -0.1) is 0 Å². The first kappa shape index (κ1) is 17.3. The third-order valence-corrected chi connectivity index (χ3v) is 6.27. The van der Waals surface area contributed by atoms with Crippen molar-refractivity contribution in [3.63, 3.8) is 0 Å². The number of thiocarbonyl (C=S) groups is 1. The number of hydrogen-bond acceptors (Lipinski definition) is 1. The molecule has 0 aliphatic heterocycles. The molecule has 0 saturated heterocycles. The van der Waals surface area contributed by atoms with Gasteiger partial charge >= 0.3 is 0 Å². The van der Waals surface area contributed by atoms with E-state index >= 15 is 0 Å². The molecule has 2 bridgehead atoms. The van der Waals surface area contributed by atoms with Crippen LogP contribution in [0.3, 0.4) is 0 Å². The second-order valence-corrected chi connectivity index (χ2v) is 8.37. The first-order valence-corrected chi connectivity index (χ1v) is 10.5. The van der Waals surface area contributed by atoms with E-state index in [2.05, 4.69) is 22.8 Å². The maximum Gasteiger partial charge on any atom is 0.166 e. The summed E-state index contributed by atoms with van der Waals surface area (Å²) in [6.45, 7) is 0. The molecule has 2 saturated carbocycles. The van der Waals surface area contributed by atoms with Crippen molar-refractivity contribution in [1.29, 1.82) is 0 Å². The highest BCUT2D eigenvalue weighted by Crippen LogP contribution is 2.38. The van der Waals surface area contributed by atoms with E-state index in [4.69, 9.17) is 12.2 Å². The summed E-state index contributed by atoms with van der Waals surface area (Å²) in [5.41, 5.74) is 0. The third kappa shape index (κ3) is 5.48. The smallest absolute Gasteiger partial charge is 0.166 e. The molecule has 130 valence electrons. The quantitative estimate of drug-likeness (QED) is 0.543. The fourth-order valence-corrected chi connectivity index (χ4v) is 4.97. The zero-order valence-corrected chi connectivity index (χ0v) is 15.4. The summed E-state index contributed by atoms with van der Waals surface area (Å²) < 4.78 is 0. The molecule has 0 aromatic heterocycles. The van der Waals surface area contributed by atoms with Crippen molar-refractivity contribution in [1.82, 2.24) is 10.6 Å². The van der Waals surface area contributed by atoms with Gasteiger partial charge in [0.25, 0.3) is 0 Å². The van der Waals surface area contributed by atoms with Crippen molar-refractivity contribution in [2.75, 3.05) is 0 Å². The summed E-state index contributed by atoms with van der Waals surface area (Å²) in [7, 11) is 0. The van der Waals surface area contributed by atoms with E-state index in [9.17, 15) is 0 Å². The molecule has 2 fully saturated rings. The predicted octanol–water partition coefficient (Wildman–Crippen LogP) is 5.09. The molecule has 2 nitrogen and oxygen atoms in total. The predicted molar refractivity (Wildman–Crippen MR) is 103 cm³/mol. The van der Waals surface area contributed by atoms with Gasteiger partial charge in [-0.25, -0.2) is 0 Å². The van der Waals surface area contributed by atoms with E-state index in [1.165, 1.54) is 83.5 Å². The standard InChI is InChI=1S/C20H34N2S/c23-20(22-19-15-16-12-13-17(19)14-16)21-18-10-8-6-4-2-1-3-5-7-9-11-18/h12-13,16-19H,1-11,14-15H2,(H2,21,22,23)/t16-,17+,19+/m1/s1. The summed E-state index contributed by atoms with van der Waals surface area (Å²) in [6, 6.07) is 1.17. The van der Waals surface area contributed by atoms with Crippen LogP contribution < -0.4 is 10.6 Å². The van der Waals surface area contributed by atoms with Crippen LogP contribution in [0.5, 0.6) is 0 Å². The van der Waals surface area contributed by atoms with Gasteiger partial charge in [0.15, 0.2) is 5.11 Å². The molecule has 3 rings (SSSR count). The van der Waals surface area contributed by atoms with Crippen LogP contribution in [0.2, 0.25) is 0 Å². The molecule has 3 heteroatoms. The van der Waals surface area contributed by atoms with Gasteiger partial charge in [0.2, 0.25) is 0 Å². The minimum atomic E-state index is 0.580. The summed E-state index contributed by atoms with van der Waals surface area (Å²) in [5, 5.41) is 8.18. The van der Waals surface area contributed by atoms with Gasteiger partial charge in [-0.2, -0.15) is 0 Å². The Kier molecular flexibility index (Phi) is 6.79. The largest absolute Gasteiger partial charge is 0.360 e. The zero-order valence-electron chi connectivity index (χ0n) is 14.6. The van der Waals surface area contributed by atoms with Gasteiger partial charge < -0.3 is 10.6 Å². The lowest BCUT2D eigenvalue weighted by molar-refractivity contribution is 0.436. The van der Waals surface area contributed by atoms with Gasteiger partial charge in [-0.3, -0.25) is 0 Å². The van der Waals surface area contributed by atoms with E-state index in [1.54, 1.807) is 0 Å². The zero-order chi connectivity index (χ0) is 15.9. The van der Waals surface area contributed by atoms with Crippen LogP contribution in [0.4, 0.5) is 0 Å². The molecule has 0 amide bonds. The van der Waals surface area contributed by atoms with Gasteiger partial charge in [0, 0.05) is 12.1 Å². The number of hydrogen-bond donors (Lipinski definition) is 2. The van der Waals surface area contributed by atoms with E-state index in [1.807, 2.05) is 0 Å². The van der Waals surface area contributed by atoms with E-state index in [0.29, 0.717) is 12.1 Å². The lowest BCUT2D eigenvalue weighted by Gasteiger charge is -2.26. The van der Waals surface area contributed by atoms with Crippen molar-refractivity contribution in [2.24, 2.45) is 11.8 Å². The van der Waals surface area contributed by atoms with E-state index in [-0.39, 0.29) is 0 Å². The van der Waals surface area contributed by atoms with Crippen molar-refractivity contribution >= 4 is 17.3 Å². The first-order chi connectivity index (χ1) is 11.3. The van der Waals surface area contributed by atoms with Crippen molar-refractivity contribution < 1.29 is 0 Å². The van der Waals surface area contributed by atoms with Crippen LogP contribution in [-0.2, 0) is 0 Å². The lowest BCUT2D eigenvalue weighted by atomic mass is 9.98. The topological polar surface area (TPSA) is 24.1 Å². The van der Waals surface area contributed by atoms with Crippen molar-refractivity contribution in [3.8, 4) is 0 Å². The fourth-order valence-electron chi connectivity index (χ4n) is 4.65. The second kappa shape index (κ2) is 9.05. The molecule has 0 aromatic carbocycles. The molecular formula is C20H34N2S. The normalized spacial score (nSPS) is 33.0. The molecule has 3 aliphatic rings. The highest BCUT2D eigenvalue weighted by Gasteiger charge is 2.35. The average Bonchev–Trinajstić information content (AvgIpc) is 3.12. The van der Waals surface area contributed by atoms with Gasteiger partial charge in [0.05, 0.1) is 0 Å². The minimum Gasteiger partial charge on any atom is -0.360 e. The summed E-state index contributed by atoms with van der Waals surface area (Å²) in [6.07, 6.45) is 22.7. The molecule has 3 aliphatic carbocycles. The van der Waals surface area contributed by atoms with E-state index in [0.717, 1.165) is 16.9 Å². The van der Waals surface area contributed by atoms with Crippen LogP contribution in [0, 0.1) is 11.8 Å². The van der Waals surface area contributed by atoms with Gasteiger partial charge in [-0.05, 0) is 49.7 Å². The monoisotopic (exact) mass is 334 g/mol. The molecule has 0 heterocycles. The highest BCUT2D eigenvalue weighted by atomic mass is 32.1. The van der Waals surface area contributed by atoms with Crippen LogP contribution in [0.25, 0.3) is 0 Å². The second-order valence-electron chi connectivity index (χ2n) is 7.96. The Morgan fingerprint density at radius 3 is 1.87 bits per heavy atom. The number of fused-ring (bicyclic) bond motifs is 2. The molecule has 23 heavy (non-hydrogen) atoms. The Morgan fingerprint density at radius 2 is 1.35 bits per heavy atom. The summed E-state index contributed by atoms with van der Waals surface area (Å²) in [4.78, 5) is 0. The minimum absolute atomic E-state index is 0.580. The summed E-state index contributed by atoms with van der Waals surface area (Å²) in [5.74, 6) is 1.53. The Bertz CT molecular complexity index is 394. The fraction of sp³-hybridized carbons (Fsp3) is 0.850. The van der Waals surface area contributed by atoms with Crippen LogP contribution >= 0.6 is 12.2 Å². The number of nitrogens with one attached hydrogen (secondary N) is 2. The van der Waals surface area contributed by atoms with Crippen molar-refractivity contribution in [3.05, 3.63) is 12.2 Å². The Labute approximate surface area is 147 Å². The molecule has 0 aromatic rings. The lowest BCUT2D eigenvalue weighted by Crippen LogP contribution is -2.47. The number of rotatable bonds is 2. The van der Waals surface area contributed by atoms with Crippen LogP contribution in [0.15, 0.2) is 12.2 Å². The van der Waals surface area contributed by atoms with Crippen molar-refractivity contribution in [2.45, 2.75) is 95.6 Å². The average molecular weight is 335 g/mol. The molecule has 0 unspecified atom stereocenters. The molecule has 0 radical (unpaired) electrons. The molecule has 2 N–H and O–H groups in total. The molecule has 3 atom stereocenters. The molecule has 0 spiro atoms. The first-order valence-electron chi connectivity index (χ1n) is 10.1. The summed E-state index contributed by atoms with van der Waals surface area (Å²) >= 11 is 5.63.